The van der Waals surface area contributed by atoms with Crippen molar-refractivity contribution in [3.8, 4) is 0 Å². The molecule has 1 amide bonds. The fourth-order valence-electron chi connectivity index (χ4n) is 3.04. The summed E-state index contributed by atoms with van der Waals surface area (Å²) in [5, 5.41) is 3.27. The molecular weight excluding hydrogens is 252 g/mol. The minimum atomic E-state index is 0.100. The van der Waals surface area contributed by atoms with Crippen LogP contribution in [0.2, 0.25) is 0 Å². The van der Waals surface area contributed by atoms with Gasteiger partial charge in [0, 0.05) is 36.7 Å². The number of amides is 1. The molecule has 0 spiro atoms. The Kier molecular flexibility index (Phi) is 3.83. The number of ketones is 1. The number of anilines is 1. The van der Waals surface area contributed by atoms with E-state index in [0.717, 1.165) is 50.1 Å². The van der Waals surface area contributed by atoms with Crippen LogP contribution in [0.3, 0.4) is 0 Å². The molecule has 1 aromatic carbocycles. The van der Waals surface area contributed by atoms with E-state index >= 15 is 0 Å². The van der Waals surface area contributed by atoms with E-state index in [1.54, 1.807) is 4.90 Å². The van der Waals surface area contributed by atoms with Crippen molar-refractivity contribution >= 4 is 17.4 Å². The molecule has 20 heavy (non-hydrogen) atoms. The molecule has 0 saturated carbocycles. The second-order valence-electron chi connectivity index (χ2n) is 5.60. The van der Waals surface area contributed by atoms with Crippen LogP contribution in [-0.2, 0) is 4.79 Å². The summed E-state index contributed by atoms with van der Waals surface area (Å²) in [6.07, 6.45) is 3.59. The number of nitrogens with zero attached hydrogens (tertiary/aromatic N) is 1. The van der Waals surface area contributed by atoms with Crippen LogP contribution in [0, 0.1) is 5.92 Å². The summed E-state index contributed by atoms with van der Waals surface area (Å²) in [5.74, 6) is 0.500. The van der Waals surface area contributed by atoms with Crippen molar-refractivity contribution in [2.45, 2.75) is 25.7 Å². The first-order chi connectivity index (χ1) is 9.75. The molecule has 0 aromatic heterocycles. The van der Waals surface area contributed by atoms with Gasteiger partial charge in [-0.2, -0.15) is 0 Å². The van der Waals surface area contributed by atoms with Crippen LogP contribution in [-0.4, -0.2) is 31.3 Å². The molecule has 4 heteroatoms. The van der Waals surface area contributed by atoms with Gasteiger partial charge in [0.15, 0.2) is 5.78 Å². The number of hydrogen-bond donors (Lipinski definition) is 1. The van der Waals surface area contributed by atoms with Crippen molar-refractivity contribution in [2.75, 3.05) is 24.5 Å². The van der Waals surface area contributed by atoms with E-state index in [4.69, 9.17) is 0 Å². The van der Waals surface area contributed by atoms with Crippen molar-refractivity contribution in [1.29, 1.82) is 0 Å². The number of nitrogens with one attached hydrogen (secondary N) is 1. The predicted molar refractivity (Wildman–Crippen MR) is 78.0 cm³/mol. The summed E-state index contributed by atoms with van der Waals surface area (Å²) in [7, 11) is 0. The van der Waals surface area contributed by atoms with Crippen LogP contribution >= 0.6 is 0 Å². The molecule has 0 aliphatic carbocycles. The molecular formula is C16H20N2O2. The van der Waals surface area contributed by atoms with E-state index in [1.807, 2.05) is 24.3 Å². The van der Waals surface area contributed by atoms with Gasteiger partial charge in [0.1, 0.15) is 0 Å². The summed E-state index contributed by atoms with van der Waals surface area (Å²) in [6.45, 7) is 2.59. The van der Waals surface area contributed by atoms with E-state index in [9.17, 15) is 9.59 Å². The Morgan fingerprint density at radius 1 is 1.20 bits per heavy atom. The highest BCUT2D eigenvalue weighted by atomic mass is 16.2. The molecule has 2 saturated heterocycles. The lowest BCUT2D eigenvalue weighted by Crippen LogP contribution is -2.34. The summed E-state index contributed by atoms with van der Waals surface area (Å²) in [6, 6.07) is 7.51. The first kappa shape index (κ1) is 13.3. The molecule has 1 N–H and O–H groups in total. The number of piperidine rings is 1. The second kappa shape index (κ2) is 5.75. The van der Waals surface area contributed by atoms with Crippen molar-refractivity contribution < 1.29 is 9.59 Å². The predicted octanol–water partition coefficient (Wildman–Crippen LogP) is 2.00. The molecule has 1 atom stereocenters. The molecule has 2 fully saturated rings. The first-order valence-electron chi connectivity index (χ1n) is 7.41. The van der Waals surface area contributed by atoms with E-state index in [-0.39, 0.29) is 17.6 Å². The maximum atomic E-state index is 12.4. The first-order valence-corrected chi connectivity index (χ1v) is 7.41. The Balaban J connectivity index is 1.72. The summed E-state index contributed by atoms with van der Waals surface area (Å²) >= 11 is 0. The van der Waals surface area contributed by atoms with Gasteiger partial charge in [-0.05, 0) is 50.1 Å². The topological polar surface area (TPSA) is 49.4 Å². The van der Waals surface area contributed by atoms with Crippen molar-refractivity contribution in [3.63, 3.8) is 0 Å². The molecule has 2 aliphatic rings. The number of carbonyl (C=O) groups is 2. The normalized spacial score (nSPS) is 23.1. The average molecular weight is 272 g/mol. The molecule has 0 bridgehead atoms. The minimum absolute atomic E-state index is 0.100. The highest BCUT2D eigenvalue weighted by Gasteiger charge is 2.24. The Labute approximate surface area is 119 Å². The van der Waals surface area contributed by atoms with Gasteiger partial charge in [-0.15, -0.1) is 0 Å². The maximum Gasteiger partial charge on any atom is 0.227 e. The SMILES string of the molecule is O=C(c1ccc(N2CCCC2=O)cc1)C1CCCNC1. The second-order valence-corrected chi connectivity index (χ2v) is 5.60. The third-order valence-corrected chi connectivity index (χ3v) is 4.20. The van der Waals surface area contributed by atoms with E-state index in [2.05, 4.69) is 5.32 Å². The van der Waals surface area contributed by atoms with Gasteiger partial charge in [0.2, 0.25) is 5.91 Å². The fourth-order valence-corrected chi connectivity index (χ4v) is 3.04. The number of rotatable bonds is 3. The Bertz CT molecular complexity index is 504. The maximum absolute atomic E-state index is 12.4. The quantitative estimate of drug-likeness (QED) is 0.856. The molecule has 0 radical (unpaired) electrons. The molecule has 4 nitrogen and oxygen atoms in total. The van der Waals surface area contributed by atoms with Crippen LogP contribution < -0.4 is 10.2 Å². The van der Waals surface area contributed by atoms with Crippen LogP contribution in [0.4, 0.5) is 5.69 Å². The number of carbonyl (C=O) groups excluding carboxylic acids is 2. The lowest BCUT2D eigenvalue weighted by molar-refractivity contribution is -0.117. The smallest absolute Gasteiger partial charge is 0.227 e. The Hall–Kier alpha value is -1.68. The third-order valence-electron chi connectivity index (χ3n) is 4.20. The van der Waals surface area contributed by atoms with E-state index < -0.39 is 0 Å². The van der Waals surface area contributed by atoms with Crippen LogP contribution in [0.15, 0.2) is 24.3 Å². The molecule has 1 unspecified atom stereocenters. The zero-order valence-electron chi connectivity index (χ0n) is 11.6. The summed E-state index contributed by atoms with van der Waals surface area (Å²) in [5.41, 5.74) is 1.67. The van der Waals surface area contributed by atoms with Crippen LogP contribution in [0.25, 0.3) is 0 Å². The van der Waals surface area contributed by atoms with Gasteiger partial charge in [-0.25, -0.2) is 0 Å². The lowest BCUT2D eigenvalue weighted by Gasteiger charge is -2.22. The number of Topliss-reactive ketones (excluding diaryl/α,β-unsaturated/α-hetero) is 1. The highest BCUT2D eigenvalue weighted by molar-refractivity contribution is 5.99. The van der Waals surface area contributed by atoms with Gasteiger partial charge in [-0.1, -0.05) is 0 Å². The number of benzene rings is 1. The van der Waals surface area contributed by atoms with Crippen LogP contribution in [0.1, 0.15) is 36.0 Å². The molecule has 2 aliphatic heterocycles. The van der Waals surface area contributed by atoms with E-state index in [1.165, 1.54) is 0 Å². The Morgan fingerprint density at radius 3 is 2.60 bits per heavy atom. The van der Waals surface area contributed by atoms with Gasteiger partial charge in [0.05, 0.1) is 0 Å². The van der Waals surface area contributed by atoms with Gasteiger partial charge in [0.25, 0.3) is 0 Å². The minimum Gasteiger partial charge on any atom is -0.316 e. The van der Waals surface area contributed by atoms with Crippen molar-refractivity contribution in [3.05, 3.63) is 29.8 Å². The zero-order chi connectivity index (χ0) is 13.9. The van der Waals surface area contributed by atoms with Crippen LogP contribution in [0.5, 0.6) is 0 Å². The van der Waals surface area contributed by atoms with Gasteiger partial charge in [-0.3, -0.25) is 9.59 Å². The van der Waals surface area contributed by atoms with E-state index in [0.29, 0.717) is 6.42 Å². The molecule has 1 aromatic rings. The van der Waals surface area contributed by atoms with Crippen molar-refractivity contribution in [2.24, 2.45) is 5.92 Å². The van der Waals surface area contributed by atoms with Gasteiger partial charge < -0.3 is 10.2 Å². The lowest BCUT2D eigenvalue weighted by atomic mass is 9.91. The fraction of sp³-hybridized carbons (Fsp3) is 0.500. The third kappa shape index (κ3) is 2.61. The Morgan fingerprint density at radius 2 is 2.00 bits per heavy atom. The monoisotopic (exact) mass is 272 g/mol. The number of hydrogen-bond acceptors (Lipinski definition) is 3. The highest BCUT2D eigenvalue weighted by Crippen LogP contribution is 2.23. The van der Waals surface area contributed by atoms with Crippen molar-refractivity contribution in [1.82, 2.24) is 5.32 Å². The summed E-state index contributed by atoms with van der Waals surface area (Å²) in [4.78, 5) is 25.9. The zero-order valence-corrected chi connectivity index (χ0v) is 11.6. The average Bonchev–Trinajstić information content (AvgIpc) is 2.94. The molecule has 106 valence electrons. The summed E-state index contributed by atoms with van der Waals surface area (Å²) < 4.78 is 0. The van der Waals surface area contributed by atoms with Gasteiger partial charge >= 0.3 is 0 Å². The molecule has 3 rings (SSSR count). The largest absolute Gasteiger partial charge is 0.316 e. The molecule has 2 heterocycles. The standard InChI is InChI=1S/C16H20N2O2/c19-15-4-2-10-18(15)14-7-5-12(6-8-14)16(20)13-3-1-9-17-11-13/h5-8,13,17H,1-4,9-11H2.